The highest BCUT2D eigenvalue weighted by atomic mass is 16.5. The van der Waals surface area contributed by atoms with Crippen molar-refractivity contribution in [2.45, 2.75) is 0 Å². The zero-order valence-corrected chi connectivity index (χ0v) is 9.44. The van der Waals surface area contributed by atoms with Crippen molar-refractivity contribution in [3.05, 3.63) is 34.1 Å². The van der Waals surface area contributed by atoms with E-state index in [1.807, 2.05) is 0 Å². The maximum atomic E-state index is 11.5. The Bertz CT molecular complexity index is 630. The van der Waals surface area contributed by atoms with Gasteiger partial charge in [-0.3, -0.25) is 9.59 Å². The first-order chi connectivity index (χ1) is 8.21. The summed E-state index contributed by atoms with van der Waals surface area (Å²) in [6.45, 7) is 0. The highest BCUT2D eigenvalue weighted by Gasteiger charge is 2.10. The topological polar surface area (TPSA) is 68.4 Å². The number of methoxy groups -OCH3 is 2. The van der Waals surface area contributed by atoms with Crippen molar-refractivity contribution in [3.8, 4) is 11.5 Å². The van der Waals surface area contributed by atoms with E-state index in [9.17, 15) is 9.59 Å². The van der Waals surface area contributed by atoms with E-state index >= 15 is 0 Å². The third-order valence-electron chi connectivity index (χ3n) is 2.53. The molecule has 0 spiro atoms. The summed E-state index contributed by atoms with van der Waals surface area (Å²) in [5.41, 5.74) is 0.130. The van der Waals surface area contributed by atoms with Gasteiger partial charge in [0, 0.05) is 5.39 Å². The van der Waals surface area contributed by atoms with Crippen LogP contribution < -0.4 is 15.0 Å². The minimum atomic E-state index is -0.445. The van der Waals surface area contributed by atoms with E-state index in [-0.39, 0.29) is 5.56 Å². The van der Waals surface area contributed by atoms with E-state index in [0.717, 1.165) is 0 Å². The maximum Gasteiger partial charge on any atom is 0.259 e. The molecule has 1 heterocycles. The van der Waals surface area contributed by atoms with Crippen LogP contribution in [0.2, 0.25) is 0 Å². The zero-order valence-electron chi connectivity index (χ0n) is 9.44. The van der Waals surface area contributed by atoms with Gasteiger partial charge in [-0.25, -0.2) is 0 Å². The summed E-state index contributed by atoms with van der Waals surface area (Å²) in [7, 11) is 3.03. The fourth-order valence-corrected chi connectivity index (χ4v) is 1.70. The molecule has 2 aromatic rings. The zero-order chi connectivity index (χ0) is 12.4. The number of rotatable bonds is 3. The molecule has 0 saturated carbocycles. The van der Waals surface area contributed by atoms with Crippen molar-refractivity contribution in [2.24, 2.45) is 0 Å². The highest BCUT2D eigenvalue weighted by Crippen LogP contribution is 2.30. The van der Waals surface area contributed by atoms with Crippen LogP contribution in [0.3, 0.4) is 0 Å². The number of H-pyrrole nitrogens is 1. The fourth-order valence-electron chi connectivity index (χ4n) is 1.70. The first-order valence-corrected chi connectivity index (χ1v) is 4.94. The lowest BCUT2D eigenvalue weighted by Crippen LogP contribution is -2.12. The van der Waals surface area contributed by atoms with Crippen molar-refractivity contribution in [1.29, 1.82) is 0 Å². The number of hydrogen-bond acceptors (Lipinski definition) is 4. The summed E-state index contributed by atoms with van der Waals surface area (Å²) in [5.74, 6) is 1.09. The number of benzene rings is 1. The summed E-state index contributed by atoms with van der Waals surface area (Å²) in [6, 6.07) is 4.90. The predicted molar refractivity (Wildman–Crippen MR) is 63.1 cm³/mol. The number of aromatic amines is 1. The van der Waals surface area contributed by atoms with E-state index in [1.165, 1.54) is 20.3 Å². The Morgan fingerprint density at radius 1 is 1.18 bits per heavy atom. The van der Waals surface area contributed by atoms with Gasteiger partial charge < -0.3 is 14.5 Å². The third-order valence-corrected chi connectivity index (χ3v) is 2.53. The van der Waals surface area contributed by atoms with Crippen LogP contribution in [-0.4, -0.2) is 25.5 Å². The van der Waals surface area contributed by atoms with Gasteiger partial charge in [0.2, 0.25) is 0 Å². The van der Waals surface area contributed by atoms with Crippen LogP contribution in [0.4, 0.5) is 0 Å². The Morgan fingerprint density at radius 3 is 2.41 bits per heavy atom. The lowest BCUT2D eigenvalue weighted by molar-refractivity contribution is 0.112. The molecule has 17 heavy (non-hydrogen) atoms. The molecule has 2 rings (SSSR count). The van der Waals surface area contributed by atoms with Gasteiger partial charge in [-0.05, 0) is 18.2 Å². The summed E-state index contributed by atoms with van der Waals surface area (Å²) in [6.07, 6.45) is 0.511. The largest absolute Gasteiger partial charge is 0.496 e. The molecule has 1 aromatic carbocycles. The van der Waals surface area contributed by atoms with Gasteiger partial charge in [-0.2, -0.15) is 0 Å². The van der Waals surface area contributed by atoms with E-state index in [0.29, 0.717) is 28.7 Å². The van der Waals surface area contributed by atoms with Crippen LogP contribution in [0.1, 0.15) is 10.4 Å². The quantitative estimate of drug-likeness (QED) is 0.813. The normalized spacial score (nSPS) is 10.2. The lowest BCUT2D eigenvalue weighted by Gasteiger charge is -2.09. The molecule has 5 heteroatoms. The van der Waals surface area contributed by atoms with Gasteiger partial charge in [-0.15, -0.1) is 0 Å². The van der Waals surface area contributed by atoms with Gasteiger partial charge in [-0.1, -0.05) is 0 Å². The molecule has 5 nitrogen and oxygen atoms in total. The molecule has 1 N–H and O–H groups in total. The molecule has 0 aliphatic carbocycles. The molecular weight excluding hydrogens is 222 g/mol. The van der Waals surface area contributed by atoms with Crippen LogP contribution in [0.15, 0.2) is 23.0 Å². The molecule has 0 aliphatic heterocycles. The van der Waals surface area contributed by atoms with Crippen LogP contribution >= 0.6 is 0 Å². The smallest absolute Gasteiger partial charge is 0.259 e. The van der Waals surface area contributed by atoms with Crippen LogP contribution in [0.25, 0.3) is 10.9 Å². The molecule has 0 radical (unpaired) electrons. The number of fused-ring (bicyclic) bond motifs is 1. The number of pyridine rings is 1. The average molecular weight is 233 g/mol. The monoisotopic (exact) mass is 233 g/mol. The second kappa shape index (κ2) is 4.29. The van der Waals surface area contributed by atoms with Gasteiger partial charge in [0.1, 0.15) is 11.5 Å². The SMILES string of the molecule is COc1ccc(OC)c2[nH]c(=O)c(C=O)cc12. The number of hydrogen-bond donors (Lipinski definition) is 1. The number of aromatic nitrogens is 1. The van der Waals surface area contributed by atoms with Gasteiger partial charge in [0.15, 0.2) is 6.29 Å². The van der Waals surface area contributed by atoms with Crippen molar-refractivity contribution >= 4 is 17.2 Å². The van der Waals surface area contributed by atoms with Gasteiger partial charge in [0.05, 0.1) is 25.3 Å². The van der Waals surface area contributed by atoms with E-state index in [1.54, 1.807) is 12.1 Å². The third kappa shape index (κ3) is 1.75. The van der Waals surface area contributed by atoms with Crippen molar-refractivity contribution in [2.75, 3.05) is 14.2 Å². The predicted octanol–water partition coefficient (Wildman–Crippen LogP) is 1.36. The molecule has 0 unspecified atom stereocenters. The summed E-state index contributed by atoms with van der Waals surface area (Å²) in [4.78, 5) is 24.9. The standard InChI is InChI=1S/C12H11NO4/c1-16-9-3-4-10(17-2)11-8(9)5-7(6-14)12(15)13-11/h3-6H,1-2H3,(H,13,15). The van der Waals surface area contributed by atoms with E-state index in [4.69, 9.17) is 9.47 Å². The first-order valence-electron chi connectivity index (χ1n) is 4.94. The van der Waals surface area contributed by atoms with Gasteiger partial charge in [0.25, 0.3) is 5.56 Å². The molecule has 0 bridgehead atoms. The lowest BCUT2D eigenvalue weighted by atomic mass is 10.1. The molecular formula is C12H11NO4. The summed E-state index contributed by atoms with van der Waals surface area (Å²) >= 11 is 0. The van der Waals surface area contributed by atoms with Gasteiger partial charge >= 0.3 is 0 Å². The summed E-state index contributed by atoms with van der Waals surface area (Å²) < 4.78 is 10.3. The number of nitrogens with one attached hydrogen (secondary N) is 1. The second-order valence-electron chi connectivity index (χ2n) is 3.43. The molecule has 0 fully saturated rings. The summed E-state index contributed by atoms with van der Waals surface area (Å²) in [5, 5.41) is 0.633. The molecule has 88 valence electrons. The Hall–Kier alpha value is -2.30. The number of ether oxygens (including phenoxy) is 2. The van der Waals surface area contributed by atoms with Crippen molar-refractivity contribution in [1.82, 2.24) is 4.98 Å². The number of carbonyl (C=O) groups excluding carboxylic acids is 1. The minimum Gasteiger partial charge on any atom is -0.496 e. The molecule has 0 atom stereocenters. The Kier molecular flexibility index (Phi) is 2.82. The average Bonchev–Trinajstić information content (AvgIpc) is 2.36. The Morgan fingerprint density at radius 2 is 1.82 bits per heavy atom. The fraction of sp³-hybridized carbons (Fsp3) is 0.167. The van der Waals surface area contributed by atoms with Crippen molar-refractivity contribution in [3.63, 3.8) is 0 Å². The number of aldehydes is 1. The molecule has 0 amide bonds. The van der Waals surface area contributed by atoms with Crippen LogP contribution in [0, 0.1) is 0 Å². The molecule has 1 aromatic heterocycles. The van der Waals surface area contributed by atoms with Crippen molar-refractivity contribution < 1.29 is 14.3 Å². The maximum absolute atomic E-state index is 11.5. The second-order valence-corrected chi connectivity index (χ2v) is 3.43. The first kappa shape index (κ1) is 11.2. The van der Waals surface area contributed by atoms with Crippen LogP contribution in [-0.2, 0) is 0 Å². The van der Waals surface area contributed by atoms with Crippen LogP contribution in [0.5, 0.6) is 11.5 Å². The Balaban J connectivity index is 2.91. The molecule has 0 aliphatic rings. The molecule has 0 saturated heterocycles. The number of carbonyl (C=O) groups is 1. The highest BCUT2D eigenvalue weighted by molar-refractivity contribution is 5.93. The Labute approximate surface area is 97.0 Å². The van der Waals surface area contributed by atoms with E-state index < -0.39 is 5.56 Å². The van der Waals surface area contributed by atoms with E-state index in [2.05, 4.69) is 4.98 Å². The minimum absolute atomic E-state index is 0.0593.